The second kappa shape index (κ2) is 7.66. The van der Waals surface area contributed by atoms with Gasteiger partial charge in [-0.3, -0.25) is 0 Å². The largest absolute Gasteiger partial charge is 0.389 e. The summed E-state index contributed by atoms with van der Waals surface area (Å²) in [7, 11) is 0. The number of rotatable bonds is 4. The molecule has 4 aromatic rings. The molecule has 0 aliphatic heterocycles. The maximum atomic E-state index is 12.5. The van der Waals surface area contributed by atoms with E-state index in [1.54, 1.807) is 19.2 Å². The van der Waals surface area contributed by atoms with E-state index in [0.29, 0.717) is 33.3 Å². The molecule has 0 fully saturated rings. The van der Waals surface area contributed by atoms with Crippen LogP contribution in [0.1, 0.15) is 18.6 Å². The summed E-state index contributed by atoms with van der Waals surface area (Å²) in [4.78, 5) is 17.9. The zero-order valence-electron chi connectivity index (χ0n) is 14.9. The third kappa shape index (κ3) is 3.86. The van der Waals surface area contributed by atoms with Gasteiger partial charge in [-0.15, -0.1) is 4.80 Å². The summed E-state index contributed by atoms with van der Waals surface area (Å²) >= 11 is 12.2. The second-order valence-electron chi connectivity index (χ2n) is 6.06. The summed E-state index contributed by atoms with van der Waals surface area (Å²) in [5, 5.41) is 28.3. The lowest BCUT2D eigenvalue weighted by atomic mass is 10.1. The van der Waals surface area contributed by atoms with Gasteiger partial charge in [0, 0.05) is 11.8 Å². The monoisotopic (exact) mass is 432 g/mol. The average Bonchev–Trinajstić information content (AvgIpc) is 3.30. The van der Waals surface area contributed by atoms with Crippen LogP contribution in [0.4, 0.5) is 16.2 Å². The quantitative estimate of drug-likeness (QED) is 0.454. The second-order valence-corrected chi connectivity index (χ2v) is 6.91. The maximum absolute atomic E-state index is 12.5. The molecule has 0 aliphatic carbocycles. The molecule has 0 saturated heterocycles. The minimum absolute atomic E-state index is 0.259. The number of urea groups is 1. The highest BCUT2D eigenvalue weighted by Crippen LogP contribution is 2.29. The van der Waals surface area contributed by atoms with Crippen LogP contribution in [0.3, 0.4) is 0 Å². The first kappa shape index (κ1) is 19.1. The number of carbonyl (C=O) groups is 1. The molecule has 0 saturated carbocycles. The van der Waals surface area contributed by atoms with E-state index < -0.39 is 12.1 Å². The Morgan fingerprint density at radius 1 is 1.14 bits per heavy atom. The van der Waals surface area contributed by atoms with Gasteiger partial charge in [0.05, 0.1) is 57.8 Å². The molecule has 4 aromatic heterocycles. The highest BCUT2D eigenvalue weighted by molar-refractivity contribution is 6.32. The first-order chi connectivity index (χ1) is 13.9. The highest BCUT2D eigenvalue weighted by Gasteiger charge is 2.17. The van der Waals surface area contributed by atoms with E-state index in [1.165, 1.54) is 40.2 Å². The molecule has 4 rings (SSSR count). The van der Waals surface area contributed by atoms with Gasteiger partial charge >= 0.3 is 6.03 Å². The zero-order chi connectivity index (χ0) is 20.5. The first-order valence-electron chi connectivity index (χ1n) is 8.37. The van der Waals surface area contributed by atoms with Gasteiger partial charge in [0.1, 0.15) is 0 Å². The maximum Gasteiger partial charge on any atom is 0.323 e. The van der Waals surface area contributed by atoms with Gasteiger partial charge in [-0.05, 0) is 19.1 Å². The van der Waals surface area contributed by atoms with E-state index in [0.717, 1.165) is 0 Å². The van der Waals surface area contributed by atoms with Crippen LogP contribution in [-0.4, -0.2) is 40.7 Å². The molecule has 0 spiro atoms. The molecule has 0 aliphatic rings. The Morgan fingerprint density at radius 3 is 2.59 bits per heavy atom. The van der Waals surface area contributed by atoms with Crippen LogP contribution in [-0.2, 0) is 0 Å². The molecule has 4 heterocycles. The molecule has 0 bridgehead atoms. The number of fused-ring (bicyclic) bond motifs is 1. The number of hydrogen-bond donors (Lipinski definition) is 3. The van der Waals surface area contributed by atoms with E-state index in [-0.39, 0.29) is 5.02 Å². The standard InChI is InChI=1S/C17H14Cl2N8O2/c1-9(28)15-13(7-23-26-8-10(18)4-14(15)26)25-17(29)24-11-5-12(19)16(20-6-11)27-21-2-3-22-27/h2-9,28H,1H3,(H2,24,25,29)/t9-/m0/s1. The van der Waals surface area contributed by atoms with Gasteiger partial charge in [-0.25, -0.2) is 14.3 Å². The molecule has 0 radical (unpaired) electrons. The lowest BCUT2D eigenvalue weighted by Gasteiger charge is -2.15. The van der Waals surface area contributed by atoms with Crippen molar-refractivity contribution in [2.45, 2.75) is 13.0 Å². The topological polar surface area (TPSA) is 122 Å². The average molecular weight is 433 g/mol. The van der Waals surface area contributed by atoms with Crippen molar-refractivity contribution in [3.63, 3.8) is 0 Å². The molecular weight excluding hydrogens is 419 g/mol. The highest BCUT2D eigenvalue weighted by atomic mass is 35.5. The fraction of sp³-hybridized carbons (Fsp3) is 0.118. The fourth-order valence-corrected chi connectivity index (χ4v) is 3.28. The van der Waals surface area contributed by atoms with Gasteiger partial charge in [-0.2, -0.15) is 15.3 Å². The number of aliphatic hydroxyl groups excluding tert-OH is 1. The molecule has 2 amide bonds. The summed E-state index contributed by atoms with van der Waals surface area (Å²) in [6.45, 7) is 1.59. The Bertz CT molecular complexity index is 1190. The third-order valence-corrected chi connectivity index (χ3v) is 4.48. The SMILES string of the molecule is C[C@H](O)c1c(NC(=O)Nc2cnc(-n3nccn3)c(Cl)c2)cnn2cc(Cl)cc12. The Balaban J connectivity index is 1.56. The van der Waals surface area contributed by atoms with Crippen molar-refractivity contribution in [1.29, 1.82) is 0 Å². The van der Waals surface area contributed by atoms with E-state index >= 15 is 0 Å². The molecule has 29 heavy (non-hydrogen) atoms. The third-order valence-electron chi connectivity index (χ3n) is 4.00. The Labute approximate surface area is 174 Å². The van der Waals surface area contributed by atoms with Crippen molar-refractivity contribution >= 4 is 46.1 Å². The molecule has 0 aromatic carbocycles. The van der Waals surface area contributed by atoms with Crippen molar-refractivity contribution in [3.8, 4) is 5.82 Å². The molecule has 148 valence electrons. The summed E-state index contributed by atoms with van der Waals surface area (Å²) in [6.07, 6.45) is 6.60. The minimum atomic E-state index is -0.862. The van der Waals surface area contributed by atoms with Gasteiger partial charge in [-0.1, -0.05) is 23.2 Å². The lowest BCUT2D eigenvalue weighted by molar-refractivity contribution is 0.201. The Morgan fingerprint density at radius 2 is 1.90 bits per heavy atom. The lowest BCUT2D eigenvalue weighted by Crippen LogP contribution is -2.21. The number of halogens is 2. The van der Waals surface area contributed by atoms with Gasteiger partial charge in [0.15, 0.2) is 5.82 Å². The zero-order valence-corrected chi connectivity index (χ0v) is 16.4. The molecular formula is C17H14Cl2N8O2. The van der Waals surface area contributed by atoms with Crippen LogP contribution in [0.15, 0.2) is 43.1 Å². The van der Waals surface area contributed by atoms with Crippen molar-refractivity contribution in [1.82, 2.24) is 29.6 Å². The fourth-order valence-electron chi connectivity index (χ4n) is 2.84. The van der Waals surface area contributed by atoms with Crippen LogP contribution in [0.25, 0.3) is 11.3 Å². The van der Waals surface area contributed by atoms with Crippen LogP contribution in [0, 0.1) is 0 Å². The van der Waals surface area contributed by atoms with Crippen LogP contribution in [0.5, 0.6) is 0 Å². The molecule has 1 atom stereocenters. The van der Waals surface area contributed by atoms with E-state index in [9.17, 15) is 9.90 Å². The van der Waals surface area contributed by atoms with Gasteiger partial charge in [0.2, 0.25) is 0 Å². The Kier molecular flexibility index (Phi) is 5.05. The Hall–Kier alpha value is -3.21. The van der Waals surface area contributed by atoms with Crippen molar-refractivity contribution in [2.75, 3.05) is 10.6 Å². The number of pyridine rings is 1. The number of aliphatic hydroxyl groups is 1. The smallest absolute Gasteiger partial charge is 0.323 e. The van der Waals surface area contributed by atoms with Gasteiger partial charge < -0.3 is 15.7 Å². The van der Waals surface area contributed by atoms with E-state index in [1.807, 2.05) is 0 Å². The normalized spacial score (nSPS) is 12.1. The number of anilines is 2. The van der Waals surface area contributed by atoms with Crippen LogP contribution in [0.2, 0.25) is 10.0 Å². The van der Waals surface area contributed by atoms with Crippen molar-refractivity contribution < 1.29 is 9.90 Å². The van der Waals surface area contributed by atoms with Gasteiger partial charge in [0.25, 0.3) is 0 Å². The minimum Gasteiger partial charge on any atom is -0.389 e. The number of hydrogen-bond acceptors (Lipinski definition) is 6. The first-order valence-corrected chi connectivity index (χ1v) is 9.13. The molecule has 3 N–H and O–H groups in total. The number of aromatic nitrogens is 6. The molecule has 10 nitrogen and oxygen atoms in total. The molecule has 0 unspecified atom stereocenters. The van der Waals surface area contributed by atoms with Crippen molar-refractivity contribution in [3.05, 3.63) is 58.7 Å². The van der Waals surface area contributed by atoms with E-state index in [4.69, 9.17) is 23.2 Å². The van der Waals surface area contributed by atoms with Crippen molar-refractivity contribution in [2.24, 2.45) is 0 Å². The number of nitrogens with zero attached hydrogens (tertiary/aromatic N) is 6. The summed E-state index contributed by atoms with van der Waals surface area (Å²) in [5.41, 5.74) is 1.78. The predicted octanol–water partition coefficient (Wildman–Crippen LogP) is 3.31. The molecule has 12 heteroatoms. The number of nitrogens with one attached hydrogen (secondary N) is 2. The van der Waals surface area contributed by atoms with Crippen LogP contribution < -0.4 is 10.6 Å². The number of carbonyl (C=O) groups excluding carboxylic acids is 1. The van der Waals surface area contributed by atoms with Crippen LogP contribution >= 0.6 is 23.2 Å². The summed E-state index contributed by atoms with van der Waals surface area (Å²) in [5.74, 6) is 0.332. The summed E-state index contributed by atoms with van der Waals surface area (Å²) < 4.78 is 1.53. The number of amides is 2. The summed E-state index contributed by atoms with van der Waals surface area (Å²) in [6, 6.07) is 2.63. The predicted molar refractivity (Wildman–Crippen MR) is 108 cm³/mol. The van der Waals surface area contributed by atoms with E-state index in [2.05, 4.69) is 30.9 Å².